The molecule has 1 unspecified atom stereocenters. The molecule has 96 valence electrons. The van der Waals surface area contributed by atoms with E-state index in [0.717, 1.165) is 17.6 Å². The predicted molar refractivity (Wildman–Crippen MR) is 74.0 cm³/mol. The van der Waals surface area contributed by atoms with Gasteiger partial charge < -0.3 is 4.74 Å². The van der Waals surface area contributed by atoms with Crippen LogP contribution in [0.1, 0.15) is 49.0 Å². The fraction of sp³-hybridized carbons (Fsp3) is 0.438. The lowest BCUT2D eigenvalue weighted by Crippen LogP contribution is -2.19. The van der Waals surface area contributed by atoms with Gasteiger partial charge in [0.05, 0.1) is 7.11 Å². The summed E-state index contributed by atoms with van der Waals surface area (Å²) in [6, 6.07) is 5.46. The van der Waals surface area contributed by atoms with Crippen LogP contribution in [0.15, 0.2) is 18.2 Å². The number of methoxy groups -OCH3 is 1. The minimum Gasteiger partial charge on any atom is -0.496 e. The smallest absolute Gasteiger partial charge is 0.150 e. The molecule has 18 heavy (non-hydrogen) atoms. The molecule has 0 radical (unpaired) electrons. The highest BCUT2D eigenvalue weighted by molar-refractivity contribution is 5.75. The second-order valence-electron chi connectivity index (χ2n) is 5.45. The number of benzene rings is 1. The molecule has 1 atom stereocenters. The SMILES string of the molecule is C#CCC(c1cc(C=O)ccc1OC)C(C)(C)C. The largest absolute Gasteiger partial charge is 0.496 e. The average Bonchev–Trinajstić information content (AvgIpc) is 2.33. The molecule has 0 amide bonds. The van der Waals surface area contributed by atoms with Crippen LogP contribution >= 0.6 is 0 Å². The van der Waals surface area contributed by atoms with Crippen molar-refractivity contribution in [2.75, 3.05) is 7.11 Å². The first-order valence-electron chi connectivity index (χ1n) is 6.00. The van der Waals surface area contributed by atoms with Crippen molar-refractivity contribution in [3.05, 3.63) is 29.3 Å². The number of ether oxygens (including phenoxy) is 1. The van der Waals surface area contributed by atoms with Crippen molar-refractivity contribution >= 4 is 6.29 Å². The van der Waals surface area contributed by atoms with Crippen molar-refractivity contribution in [3.8, 4) is 18.1 Å². The fourth-order valence-corrected chi connectivity index (χ4v) is 2.10. The Labute approximate surface area is 109 Å². The highest BCUT2D eigenvalue weighted by Crippen LogP contribution is 2.41. The van der Waals surface area contributed by atoms with Gasteiger partial charge in [-0.05, 0) is 29.2 Å². The lowest BCUT2D eigenvalue weighted by molar-refractivity contribution is 0.112. The Kier molecular flexibility index (Phi) is 4.55. The molecule has 0 aliphatic heterocycles. The molecule has 0 bridgehead atoms. The predicted octanol–water partition coefficient (Wildman–Crippen LogP) is 3.66. The van der Waals surface area contributed by atoms with Gasteiger partial charge in [-0.2, -0.15) is 0 Å². The van der Waals surface area contributed by atoms with Gasteiger partial charge in [0.15, 0.2) is 0 Å². The zero-order chi connectivity index (χ0) is 13.8. The summed E-state index contributed by atoms with van der Waals surface area (Å²) in [6.45, 7) is 6.42. The highest BCUT2D eigenvalue weighted by atomic mass is 16.5. The first-order chi connectivity index (χ1) is 8.43. The zero-order valence-electron chi connectivity index (χ0n) is 11.5. The minimum atomic E-state index is 0.0150. The maximum Gasteiger partial charge on any atom is 0.150 e. The molecule has 1 rings (SSSR count). The summed E-state index contributed by atoms with van der Waals surface area (Å²) in [5.41, 5.74) is 1.67. The van der Waals surface area contributed by atoms with Gasteiger partial charge >= 0.3 is 0 Å². The Bertz CT molecular complexity index is 461. The van der Waals surface area contributed by atoms with E-state index in [1.165, 1.54) is 0 Å². The second-order valence-corrected chi connectivity index (χ2v) is 5.45. The van der Waals surface area contributed by atoms with E-state index in [1.807, 2.05) is 12.1 Å². The third-order valence-corrected chi connectivity index (χ3v) is 3.13. The number of hydrogen-bond acceptors (Lipinski definition) is 2. The minimum absolute atomic E-state index is 0.0150. The van der Waals surface area contributed by atoms with Crippen molar-refractivity contribution < 1.29 is 9.53 Å². The zero-order valence-corrected chi connectivity index (χ0v) is 11.5. The van der Waals surface area contributed by atoms with E-state index in [0.29, 0.717) is 12.0 Å². The van der Waals surface area contributed by atoms with E-state index in [4.69, 9.17) is 11.2 Å². The Balaban J connectivity index is 3.34. The summed E-state index contributed by atoms with van der Waals surface area (Å²) in [5.74, 6) is 3.67. The van der Waals surface area contributed by atoms with Crippen LogP contribution in [0.3, 0.4) is 0 Å². The standard InChI is InChI=1S/C16H20O2/c1-6-7-14(16(2,3)4)13-10-12(11-17)8-9-15(13)18-5/h1,8-11,14H,7H2,2-5H3. The Hall–Kier alpha value is -1.75. The lowest BCUT2D eigenvalue weighted by Gasteiger charge is -2.31. The third kappa shape index (κ3) is 3.13. The first-order valence-corrected chi connectivity index (χ1v) is 6.00. The number of carbonyl (C=O) groups excluding carboxylic acids is 1. The van der Waals surface area contributed by atoms with Gasteiger partial charge in [-0.25, -0.2) is 0 Å². The van der Waals surface area contributed by atoms with Gasteiger partial charge in [0.1, 0.15) is 12.0 Å². The molecule has 0 heterocycles. The van der Waals surface area contributed by atoms with Gasteiger partial charge in [-0.1, -0.05) is 20.8 Å². The molecule has 0 aliphatic carbocycles. The Morgan fingerprint density at radius 2 is 2.11 bits per heavy atom. The van der Waals surface area contributed by atoms with Crippen molar-refractivity contribution in [3.63, 3.8) is 0 Å². The summed E-state index contributed by atoms with van der Waals surface area (Å²) in [4.78, 5) is 10.9. The molecule has 0 aromatic heterocycles. The molecular formula is C16H20O2. The van der Waals surface area contributed by atoms with E-state index in [-0.39, 0.29) is 11.3 Å². The molecule has 2 heteroatoms. The topological polar surface area (TPSA) is 26.3 Å². The third-order valence-electron chi connectivity index (χ3n) is 3.13. The van der Waals surface area contributed by atoms with Crippen LogP contribution in [-0.4, -0.2) is 13.4 Å². The highest BCUT2D eigenvalue weighted by Gasteiger charge is 2.28. The Morgan fingerprint density at radius 1 is 1.44 bits per heavy atom. The summed E-state index contributed by atoms with van der Waals surface area (Å²) in [5, 5.41) is 0. The monoisotopic (exact) mass is 244 g/mol. The molecule has 1 aromatic carbocycles. The van der Waals surface area contributed by atoms with E-state index in [1.54, 1.807) is 13.2 Å². The van der Waals surface area contributed by atoms with E-state index in [2.05, 4.69) is 26.7 Å². The van der Waals surface area contributed by atoms with Crippen LogP contribution in [0.4, 0.5) is 0 Å². The quantitative estimate of drug-likeness (QED) is 0.597. The molecule has 0 spiro atoms. The van der Waals surface area contributed by atoms with E-state index < -0.39 is 0 Å². The molecule has 0 saturated heterocycles. The van der Waals surface area contributed by atoms with E-state index in [9.17, 15) is 4.79 Å². The van der Waals surface area contributed by atoms with Crippen LogP contribution < -0.4 is 4.74 Å². The number of aldehydes is 1. The van der Waals surface area contributed by atoms with Gasteiger partial charge in [-0.15, -0.1) is 12.3 Å². The van der Waals surface area contributed by atoms with E-state index >= 15 is 0 Å². The van der Waals surface area contributed by atoms with Gasteiger partial charge in [-0.3, -0.25) is 4.79 Å². The lowest BCUT2D eigenvalue weighted by atomic mass is 9.74. The fourth-order valence-electron chi connectivity index (χ4n) is 2.10. The van der Waals surface area contributed by atoms with Gasteiger partial charge in [0.2, 0.25) is 0 Å². The van der Waals surface area contributed by atoms with Crippen LogP contribution in [0.25, 0.3) is 0 Å². The molecule has 0 fully saturated rings. The van der Waals surface area contributed by atoms with Gasteiger partial charge in [0, 0.05) is 17.9 Å². The van der Waals surface area contributed by atoms with Crippen LogP contribution in [0.5, 0.6) is 5.75 Å². The van der Waals surface area contributed by atoms with Crippen molar-refractivity contribution in [2.45, 2.75) is 33.1 Å². The average molecular weight is 244 g/mol. The molecule has 2 nitrogen and oxygen atoms in total. The Morgan fingerprint density at radius 3 is 2.56 bits per heavy atom. The summed E-state index contributed by atoms with van der Waals surface area (Å²) < 4.78 is 5.38. The number of hydrogen-bond donors (Lipinski definition) is 0. The van der Waals surface area contributed by atoms with Crippen LogP contribution in [0, 0.1) is 17.8 Å². The molecule has 1 aromatic rings. The number of carbonyl (C=O) groups is 1. The number of rotatable bonds is 4. The molecule has 0 saturated carbocycles. The summed E-state index contributed by atoms with van der Waals surface area (Å²) in [7, 11) is 1.63. The molecule has 0 N–H and O–H groups in total. The van der Waals surface area contributed by atoms with Crippen LogP contribution in [0.2, 0.25) is 0 Å². The normalized spacial score (nSPS) is 12.6. The van der Waals surface area contributed by atoms with Crippen molar-refractivity contribution in [2.24, 2.45) is 5.41 Å². The molecular weight excluding hydrogens is 224 g/mol. The maximum absolute atomic E-state index is 10.9. The van der Waals surface area contributed by atoms with Crippen molar-refractivity contribution in [1.82, 2.24) is 0 Å². The van der Waals surface area contributed by atoms with Crippen molar-refractivity contribution in [1.29, 1.82) is 0 Å². The molecule has 0 aliphatic rings. The summed E-state index contributed by atoms with van der Waals surface area (Å²) >= 11 is 0. The maximum atomic E-state index is 10.9. The first kappa shape index (κ1) is 14.3. The summed E-state index contributed by atoms with van der Waals surface area (Å²) in [6.07, 6.45) is 6.94. The second kappa shape index (κ2) is 5.73. The van der Waals surface area contributed by atoms with Crippen LogP contribution in [-0.2, 0) is 0 Å². The van der Waals surface area contributed by atoms with Gasteiger partial charge in [0.25, 0.3) is 0 Å². The number of terminal acetylenes is 1.